The minimum absolute atomic E-state index is 0.00642. The minimum atomic E-state index is -0.230. The van der Waals surface area contributed by atoms with E-state index < -0.39 is 0 Å². The molecule has 0 spiro atoms. The zero-order chi connectivity index (χ0) is 16.7. The summed E-state index contributed by atoms with van der Waals surface area (Å²) >= 11 is 0. The van der Waals surface area contributed by atoms with E-state index >= 15 is 0 Å². The Bertz CT molecular complexity index is 1040. The summed E-state index contributed by atoms with van der Waals surface area (Å²) in [4.78, 5) is 16.4. The Morgan fingerprint density at radius 2 is 2.08 bits per heavy atom. The lowest BCUT2D eigenvalue weighted by molar-refractivity contribution is 0.350. The van der Waals surface area contributed by atoms with Gasteiger partial charge >= 0.3 is 0 Å². The lowest BCUT2D eigenvalue weighted by atomic mass is 9.99. The van der Waals surface area contributed by atoms with Crippen molar-refractivity contribution in [2.45, 2.75) is 13.0 Å². The predicted molar refractivity (Wildman–Crippen MR) is 92.3 cm³/mol. The number of pyridine rings is 1. The van der Waals surface area contributed by atoms with Gasteiger partial charge in [-0.05, 0) is 29.3 Å². The SMILES string of the molecule is NCc1n[nH]c(=O)c2ccc(-c3cnc4c(c3)C(CO)=CC4)cc12. The molecule has 6 heteroatoms. The Balaban J connectivity index is 1.89. The molecule has 3 aromatic rings. The van der Waals surface area contributed by atoms with Gasteiger partial charge in [-0.3, -0.25) is 9.78 Å². The van der Waals surface area contributed by atoms with Gasteiger partial charge < -0.3 is 10.8 Å². The second-order valence-corrected chi connectivity index (χ2v) is 5.77. The number of nitrogens with one attached hydrogen (secondary N) is 1. The molecule has 4 rings (SSSR count). The Kier molecular flexibility index (Phi) is 3.48. The molecule has 120 valence electrons. The summed E-state index contributed by atoms with van der Waals surface area (Å²) in [6.45, 7) is 0.253. The summed E-state index contributed by atoms with van der Waals surface area (Å²) in [5.41, 5.74) is 10.9. The van der Waals surface area contributed by atoms with Crippen molar-refractivity contribution in [1.29, 1.82) is 0 Å². The number of hydrogen-bond donors (Lipinski definition) is 3. The van der Waals surface area contributed by atoms with Crippen molar-refractivity contribution in [1.82, 2.24) is 15.2 Å². The largest absolute Gasteiger partial charge is 0.392 e. The highest BCUT2D eigenvalue weighted by atomic mass is 16.3. The van der Waals surface area contributed by atoms with Gasteiger partial charge in [-0.15, -0.1) is 0 Å². The van der Waals surface area contributed by atoms with Crippen LogP contribution in [0.5, 0.6) is 0 Å². The van der Waals surface area contributed by atoms with E-state index in [0.29, 0.717) is 11.1 Å². The van der Waals surface area contributed by atoms with Crippen molar-refractivity contribution in [2.24, 2.45) is 5.73 Å². The van der Waals surface area contributed by atoms with E-state index in [1.807, 2.05) is 30.5 Å². The van der Waals surface area contributed by atoms with Gasteiger partial charge in [0.25, 0.3) is 5.56 Å². The van der Waals surface area contributed by atoms with Crippen LogP contribution < -0.4 is 11.3 Å². The van der Waals surface area contributed by atoms with Crippen molar-refractivity contribution >= 4 is 16.3 Å². The molecular formula is C18H16N4O2. The van der Waals surface area contributed by atoms with Gasteiger partial charge in [0.1, 0.15) is 0 Å². The summed E-state index contributed by atoms with van der Waals surface area (Å²) < 4.78 is 0. The number of aliphatic hydroxyl groups is 1. The molecule has 2 aromatic heterocycles. The van der Waals surface area contributed by atoms with Gasteiger partial charge in [-0.1, -0.05) is 12.1 Å². The minimum Gasteiger partial charge on any atom is -0.392 e. The fourth-order valence-corrected chi connectivity index (χ4v) is 3.13. The molecule has 1 aromatic carbocycles. The van der Waals surface area contributed by atoms with Gasteiger partial charge in [-0.2, -0.15) is 5.10 Å². The second kappa shape index (κ2) is 5.67. The maximum atomic E-state index is 11.9. The van der Waals surface area contributed by atoms with Crippen molar-refractivity contribution in [3.8, 4) is 11.1 Å². The molecule has 1 aliphatic rings. The molecule has 0 fully saturated rings. The maximum Gasteiger partial charge on any atom is 0.272 e. The molecule has 0 radical (unpaired) electrons. The summed E-state index contributed by atoms with van der Waals surface area (Å²) in [6.07, 6.45) is 4.56. The van der Waals surface area contributed by atoms with E-state index in [2.05, 4.69) is 15.2 Å². The molecule has 0 saturated heterocycles. The number of H-pyrrole nitrogens is 1. The standard InChI is InChI=1S/C18H16N4O2/c19-7-17-15-5-10(1-3-13(15)18(24)22-21-17)12-6-14-11(9-23)2-4-16(14)20-8-12/h1-3,5-6,8,23H,4,7,9,19H2,(H,22,24). The molecule has 0 atom stereocenters. The van der Waals surface area contributed by atoms with Crippen LogP contribution in [0.25, 0.3) is 27.5 Å². The first-order valence-corrected chi connectivity index (χ1v) is 7.72. The summed E-state index contributed by atoms with van der Waals surface area (Å²) in [5.74, 6) is 0. The molecule has 4 N–H and O–H groups in total. The summed E-state index contributed by atoms with van der Waals surface area (Å²) in [6, 6.07) is 7.61. The van der Waals surface area contributed by atoms with Gasteiger partial charge in [0.05, 0.1) is 23.4 Å². The number of aromatic nitrogens is 3. The van der Waals surface area contributed by atoms with Crippen LogP contribution in [0.15, 0.2) is 41.3 Å². The number of nitrogens with zero attached hydrogens (tertiary/aromatic N) is 2. The Labute approximate surface area is 137 Å². The Hall–Kier alpha value is -2.83. The molecule has 24 heavy (non-hydrogen) atoms. The number of allylic oxidation sites excluding steroid dienone is 1. The highest BCUT2D eigenvalue weighted by Gasteiger charge is 2.16. The lowest BCUT2D eigenvalue weighted by Crippen LogP contribution is -2.13. The summed E-state index contributed by atoms with van der Waals surface area (Å²) in [5, 5.41) is 17.3. The predicted octanol–water partition coefficient (Wildman–Crippen LogP) is 1.38. The van der Waals surface area contributed by atoms with Crippen LogP contribution in [-0.4, -0.2) is 26.9 Å². The first kappa shape index (κ1) is 14.7. The van der Waals surface area contributed by atoms with E-state index in [1.54, 1.807) is 6.07 Å². The average molecular weight is 320 g/mol. The number of fused-ring (bicyclic) bond motifs is 2. The molecule has 0 unspecified atom stereocenters. The van der Waals surface area contributed by atoms with Crippen LogP contribution in [0, 0.1) is 0 Å². The third-order valence-corrected chi connectivity index (χ3v) is 4.42. The van der Waals surface area contributed by atoms with Crippen LogP contribution in [0.1, 0.15) is 17.0 Å². The van der Waals surface area contributed by atoms with Crippen LogP contribution in [0.3, 0.4) is 0 Å². The second-order valence-electron chi connectivity index (χ2n) is 5.77. The van der Waals surface area contributed by atoms with Crippen molar-refractivity contribution in [3.05, 3.63) is 63.8 Å². The van der Waals surface area contributed by atoms with Crippen LogP contribution in [0.4, 0.5) is 0 Å². The first-order chi connectivity index (χ1) is 11.7. The average Bonchev–Trinajstić information content (AvgIpc) is 3.04. The zero-order valence-corrected chi connectivity index (χ0v) is 12.9. The van der Waals surface area contributed by atoms with E-state index in [-0.39, 0.29) is 18.7 Å². The van der Waals surface area contributed by atoms with E-state index in [0.717, 1.165) is 39.8 Å². The molecular weight excluding hydrogens is 304 g/mol. The number of hydrogen-bond acceptors (Lipinski definition) is 5. The lowest BCUT2D eigenvalue weighted by Gasteiger charge is -2.09. The van der Waals surface area contributed by atoms with Crippen molar-refractivity contribution in [2.75, 3.05) is 6.61 Å². The van der Waals surface area contributed by atoms with Crippen LogP contribution in [0.2, 0.25) is 0 Å². The zero-order valence-electron chi connectivity index (χ0n) is 12.9. The Morgan fingerprint density at radius 3 is 2.88 bits per heavy atom. The van der Waals surface area contributed by atoms with Gasteiger partial charge in [0.15, 0.2) is 0 Å². The highest BCUT2D eigenvalue weighted by molar-refractivity contribution is 5.88. The van der Waals surface area contributed by atoms with Crippen LogP contribution in [-0.2, 0) is 13.0 Å². The topological polar surface area (TPSA) is 105 Å². The van der Waals surface area contributed by atoms with E-state index in [1.165, 1.54) is 0 Å². The smallest absolute Gasteiger partial charge is 0.272 e. The fraction of sp³-hybridized carbons (Fsp3) is 0.167. The molecule has 6 nitrogen and oxygen atoms in total. The van der Waals surface area contributed by atoms with Gasteiger partial charge in [0.2, 0.25) is 0 Å². The highest BCUT2D eigenvalue weighted by Crippen LogP contribution is 2.31. The number of benzene rings is 1. The van der Waals surface area contributed by atoms with Crippen molar-refractivity contribution < 1.29 is 5.11 Å². The van der Waals surface area contributed by atoms with Crippen LogP contribution >= 0.6 is 0 Å². The van der Waals surface area contributed by atoms with Gasteiger partial charge in [0, 0.05) is 35.7 Å². The third kappa shape index (κ3) is 2.24. The Morgan fingerprint density at radius 1 is 1.21 bits per heavy atom. The normalized spacial score (nSPS) is 13.2. The molecule has 0 amide bonds. The monoisotopic (exact) mass is 320 g/mol. The molecule has 0 saturated carbocycles. The van der Waals surface area contributed by atoms with Gasteiger partial charge in [-0.25, -0.2) is 5.10 Å². The van der Waals surface area contributed by atoms with Crippen molar-refractivity contribution in [3.63, 3.8) is 0 Å². The number of nitrogens with two attached hydrogens (primary N) is 1. The maximum absolute atomic E-state index is 11.9. The quantitative estimate of drug-likeness (QED) is 0.676. The molecule has 2 heterocycles. The number of aliphatic hydroxyl groups excluding tert-OH is 1. The molecule has 0 aliphatic heterocycles. The third-order valence-electron chi connectivity index (χ3n) is 4.42. The van der Waals surface area contributed by atoms with E-state index in [4.69, 9.17) is 5.73 Å². The number of aromatic amines is 1. The summed E-state index contributed by atoms with van der Waals surface area (Å²) in [7, 11) is 0. The van der Waals surface area contributed by atoms with E-state index in [9.17, 15) is 9.90 Å². The first-order valence-electron chi connectivity index (χ1n) is 7.72. The number of rotatable bonds is 3. The fourth-order valence-electron chi connectivity index (χ4n) is 3.13. The molecule has 1 aliphatic carbocycles. The molecule has 0 bridgehead atoms.